The fraction of sp³-hybridized carbons (Fsp3) is 0.308. The summed E-state index contributed by atoms with van der Waals surface area (Å²) in [6, 6.07) is 14.3. The second kappa shape index (κ2) is 9.92. The Hall–Kier alpha value is -2.62. The van der Waals surface area contributed by atoms with Crippen LogP contribution in [0.25, 0.3) is 22.3 Å². The van der Waals surface area contributed by atoms with Crippen LogP contribution in [-0.4, -0.2) is 0 Å². The zero-order valence-corrected chi connectivity index (χ0v) is 17.3. The quantitative estimate of drug-likeness (QED) is 0.255. The number of rotatable bonds is 8. The van der Waals surface area contributed by atoms with Crippen molar-refractivity contribution in [2.24, 2.45) is 0 Å². The first-order valence-electron chi connectivity index (χ1n) is 10.5. The van der Waals surface area contributed by atoms with Crippen LogP contribution in [0.1, 0.15) is 57.4 Å². The zero-order valence-electron chi connectivity index (χ0n) is 17.3. The van der Waals surface area contributed by atoms with Gasteiger partial charge in [-0.2, -0.15) is 0 Å². The van der Waals surface area contributed by atoms with Crippen molar-refractivity contribution in [2.45, 2.75) is 51.9 Å². The Morgan fingerprint density at radius 2 is 1.23 bits per heavy atom. The minimum Gasteiger partial charge on any atom is -0.206 e. The molecule has 0 aromatic heterocycles. The number of unbranched alkanes of at least 4 members (excludes halogenated alkanes) is 1. The summed E-state index contributed by atoms with van der Waals surface area (Å²) in [7, 11) is 0. The molecule has 0 radical (unpaired) electrons. The van der Waals surface area contributed by atoms with Gasteiger partial charge in [-0.3, -0.25) is 0 Å². The Morgan fingerprint density at radius 1 is 0.633 bits per heavy atom. The van der Waals surface area contributed by atoms with Crippen molar-refractivity contribution in [3.05, 3.63) is 83.4 Å². The number of benzene rings is 3. The summed E-state index contributed by atoms with van der Waals surface area (Å²) in [4.78, 5) is 0. The minimum atomic E-state index is -1.56. The molecule has 3 aromatic rings. The summed E-state index contributed by atoms with van der Waals surface area (Å²) in [6.07, 6.45) is 5.81. The van der Waals surface area contributed by atoms with Crippen molar-refractivity contribution in [3.63, 3.8) is 0 Å². The van der Waals surface area contributed by atoms with Crippen molar-refractivity contribution in [1.82, 2.24) is 0 Å². The Bertz CT molecular complexity index is 969. The average Bonchev–Trinajstić information content (AvgIpc) is 2.74. The number of hydrogen-bond donors (Lipinski definition) is 0. The molecule has 4 heteroatoms. The summed E-state index contributed by atoms with van der Waals surface area (Å²) in [6.45, 7) is 4.38. The molecule has 0 N–H and O–H groups in total. The van der Waals surface area contributed by atoms with E-state index in [-0.39, 0.29) is 11.1 Å². The first-order valence-corrected chi connectivity index (χ1v) is 10.5. The monoisotopic (exact) mass is 414 g/mol. The van der Waals surface area contributed by atoms with E-state index in [1.54, 1.807) is 6.07 Å². The smallest absolute Gasteiger partial charge is 0.194 e. The summed E-state index contributed by atoms with van der Waals surface area (Å²) in [5, 5.41) is 0. The highest BCUT2D eigenvalue weighted by Crippen LogP contribution is 2.32. The standard InChI is InChI=1S/C26H26F4/c1-3-5-7-17(6-4-2)18-8-10-19(11-9-18)20-12-13-22(23(27)14-20)21-15-24(28)26(30)25(29)16-21/h8-17H,3-7H2,1-2H3. The van der Waals surface area contributed by atoms with Crippen molar-refractivity contribution in [3.8, 4) is 22.3 Å². The molecule has 0 amide bonds. The Morgan fingerprint density at radius 3 is 1.80 bits per heavy atom. The van der Waals surface area contributed by atoms with Crippen LogP contribution in [0, 0.1) is 23.3 Å². The predicted octanol–water partition coefficient (Wildman–Crippen LogP) is 8.65. The van der Waals surface area contributed by atoms with E-state index in [2.05, 4.69) is 26.0 Å². The first-order chi connectivity index (χ1) is 14.4. The van der Waals surface area contributed by atoms with Crippen molar-refractivity contribution < 1.29 is 17.6 Å². The molecule has 1 unspecified atom stereocenters. The third kappa shape index (κ3) is 4.92. The van der Waals surface area contributed by atoms with Gasteiger partial charge in [0.1, 0.15) is 5.82 Å². The lowest BCUT2D eigenvalue weighted by Gasteiger charge is -2.17. The largest absolute Gasteiger partial charge is 0.206 e. The summed E-state index contributed by atoms with van der Waals surface area (Å²) in [5.74, 6) is -4.32. The van der Waals surface area contributed by atoms with E-state index in [0.717, 1.165) is 37.0 Å². The molecule has 0 saturated carbocycles. The summed E-state index contributed by atoms with van der Waals surface area (Å²) < 4.78 is 54.9. The first kappa shape index (κ1) is 22.1. The van der Waals surface area contributed by atoms with Crippen LogP contribution >= 0.6 is 0 Å². The van der Waals surface area contributed by atoms with Crippen LogP contribution in [0.3, 0.4) is 0 Å². The van der Waals surface area contributed by atoms with Crippen LogP contribution < -0.4 is 0 Å². The van der Waals surface area contributed by atoms with Gasteiger partial charge in [0, 0.05) is 5.56 Å². The third-order valence-electron chi connectivity index (χ3n) is 5.52. The van der Waals surface area contributed by atoms with Gasteiger partial charge < -0.3 is 0 Å². The van der Waals surface area contributed by atoms with E-state index >= 15 is 0 Å². The third-order valence-corrected chi connectivity index (χ3v) is 5.52. The van der Waals surface area contributed by atoms with Crippen molar-refractivity contribution in [2.75, 3.05) is 0 Å². The molecule has 0 aliphatic rings. The molecule has 158 valence electrons. The lowest BCUT2D eigenvalue weighted by molar-refractivity contribution is 0.447. The van der Waals surface area contributed by atoms with Crippen LogP contribution in [0.5, 0.6) is 0 Å². The predicted molar refractivity (Wildman–Crippen MR) is 114 cm³/mol. The molecule has 30 heavy (non-hydrogen) atoms. The van der Waals surface area contributed by atoms with E-state index in [0.29, 0.717) is 11.5 Å². The minimum absolute atomic E-state index is 0.0238. The van der Waals surface area contributed by atoms with E-state index in [4.69, 9.17) is 0 Å². The van der Waals surface area contributed by atoms with Gasteiger partial charge in [-0.05, 0) is 59.2 Å². The normalized spacial score (nSPS) is 12.2. The second-order valence-electron chi connectivity index (χ2n) is 7.70. The SMILES string of the molecule is CCCCC(CCC)c1ccc(-c2ccc(-c3cc(F)c(F)c(F)c3)c(F)c2)cc1. The van der Waals surface area contributed by atoms with Gasteiger partial charge in [-0.25, -0.2) is 17.6 Å². The van der Waals surface area contributed by atoms with Gasteiger partial charge >= 0.3 is 0 Å². The maximum atomic E-state index is 14.7. The lowest BCUT2D eigenvalue weighted by atomic mass is 9.88. The fourth-order valence-corrected chi connectivity index (χ4v) is 3.86. The van der Waals surface area contributed by atoms with Gasteiger partial charge in [0.05, 0.1) is 0 Å². The topological polar surface area (TPSA) is 0 Å². The number of halogens is 4. The number of hydrogen-bond acceptors (Lipinski definition) is 0. The van der Waals surface area contributed by atoms with Gasteiger partial charge in [0.2, 0.25) is 0 Å². The van der Waals surface area contributed by atoms with Gasteiger partial charge in [0.15, 0.2) is 17.5 Å². The molecule has 0 heterocycles. The Kier molecular flexibility index (Phi) is 7.30. The summed E-state index contributed by atoms with van der Waals surface area (Å²) >= 11 is 0. The van der Waals surface area contributed by atoms with Crippen molar-refractivity contribution in [1.29, 1.82) is 0 Å². The Balaban J connectivity index is 1.86. The zero-order chi connectivity index (χ0) is 21.7. The molecule has 0 bridgehead atoms. The van der Waals surface area contributed by atoms with Gasteiger partial charge in [-0.15, -0.1) is 0 Å². The maximum Gasteiger partial charge on any atom is 0.194 e. The van der Waals surface area contributed by atoms with Gasteiger partial charge in [0.25, 0.3) is 0 Å². The van der Waals surface area contributed by atoms with E-state index in [9.17, 15) is 17.6 Å². The molecule has 0 fully saturated rings. The highest BCUT2D eigenvalue weighted by atomic mass is 19.2. The average molecular weight is 414 g/mol. The highest BCUT2D eigenvalue weighted by molar-refractivity contribution is 5.71. The molecular weight excluding hydrogens is 388 g/mol. The van der Waals surface area contributed by atoms with E-state index < -0.39 is 23.3 Å². The van der Waals surface area contributed by atoms with Crippen LogP contribution in [-0.2, 0) is 0 Å². The molecular formula is C26H26F4. The van der Waals surface area contributed by atoms with Crippen LogP contribution in [0.2, 0.25) is 0 Å². The van der Waals surface area contributed by atoms with Crippen LogP contribution in [0.4, 0.5) is 17.6 Å². The van der Waals surface area contributed by atoms with E-state index in [1.807, 2.05) is 12.1 Å². The molecule has 3 aromatic carbocycles. The molecule has 0 aliphatic heterocycles. The molecule has 0 nitrogen and oxygen atoms in total. The summed E-state index contributed by atoms with van der Waals surface area (Å²) in [5.41, 5.74) is 2.82. The molecule has 1 atom stereocenters. The van der Waals surface area contributed by atoms with E-state index in [1.165, 1.54) is 30.5 Å². The molecule has 0 aliphatic carbocycles. The Labute approximate surface area is 175 Å². The van der Waals surface area contributed by atoms with Crippen LogP contribution in [0.15, 0.2) is 54.6 Å². The highest BCUT2D eigenvalue weighted by Gasteiger charge is 2.15. The molecule has 0 spiro atoms. The van der Waals surface area contributed by atoms with Crippen molar-refractivity contribution >= 4 is 0 Å². The fourth-order valence-electron chi connectivity index (χ4n) is 3.86. The van der Waals surface area contributed by atoms with Gasteiger partial charge in [-0.1, -0.05) is 69.5 Å². The lowest BCUT2D eigenvalue weighted by Crippen LogP contribution is -1.98. The molecule has 3 rings (SSSR count). The maximum absolute atomic E-state index is 14.7. The molecule has 0 saturated heterocycles. The second-order valence-corrected chi connectivity index (χ2v) is 7.70.